The second-order valence-electron chi connectivity index (χ2n) is 6.30. The van der Waals surface area contributed by atoms with E-state index in [-0.39, 0.29) is 24.0 Å². The summed E-state index contributed by atoms with van der Waals surface area (Å²) in [6.07, 6.45) is 3.46. The van der Waals surface area contributed by atoms with Gasteiger partial charge in [-0.1, -0.05) is 0 Å². The van der Waals surface area contributed by atoms with Crippen LogP contribution in [0.15, 0.2) is 24.5 Å². The van der Waals surface area contributed by atoms with E-state index in [4.69, 9.17) is 0 Å². The largest absolute Gasteiger partial charge is 0.334 e. The standard InChI is InChI=1S/C16H20N8O3/c1-11-15(24(26)27)12(2)23(17-11)10-22-8-6-14(19-22)16(25)20(3)9-13-5-7-21(4)18-13/h5-8H,9-10H2,1-4H3. The molecule has 0 unspecified atom stereocenters. The summed E-state index contributed by atoms with van der Waals surface area (Å²) in [6, 6.07) is 3.45. The molecule has 3 aromatic heterocycles. The zero-order chi connectivity index (χ0) is 19.7. The van der Waals surface area contributed by atoms with Crippen LogP contribution in [0.3, 0.4) is 0 Å². The summed E-state index contributed by atoms with van der Waals surface area (Å²) in [6.45, 7) is 3.77. The summed E-state index contributed by atoms with van der Waals surface area (Å²) in [5, 5.41) is 23.8. The van der Waals surface area contributed by atoms with Crippen molar-refractivity contribution in [3.05, 3.63) is 57.4 Å². The van der Waals surface area contributed by atoms with Gasteiger partial charge in [0.2, 0.25) is 0 Å². The number of nitrogens with zero attached hydrogens (tertiary/aromatic N) is 8. The Bertz CT molecular complexity index is 999. The quantitative estimate of drug-likeness (QED) is 0.473. The van der Waals surface area contributed by atoms with Crippen molar-refractivity contribution in [1.29, 1.82) is 0 Å². The molecule has 0 saturated heterocycles. The van der Waals surface area contributed by atoms with Gasteiger partial charge in [0.1, 0.15) is 23.8 Å². The van der Waals surface area contributed by atoms with Crippen LogP contribution in [0.2, 0.25) is 0 Å². The van der Waals surface area contributed by atoms with Crippen molar-refractivity contribution in [3.8, 4) is 0 Å². The van der Waals surface area contributed by atoms with Crippen LogP contribution in [0.4, 0.5) is 5.69 Å². The van der Waals surface area contributed by atoms with Crippen molar-refractivity contribution in [2.24, 2.45) is 7.05 Å². The number of carbonyl (C=O) groups is 1. The molecule has 1 amide bonds. The van der Waals surface area contributed by atoms with Crippen molar-refractivity contribution < 1.29 is 9.72 Å². The number of hydrogen-bond donors (Lipinski definition) is 0. The number of aromatic nitrogens is 6. The molecule has 3 aromatic rings. The number of aryl methyl sites for hydroxylation is 2. The van der Waals surface area contributed by atoms with Crippen molar-refractivity contribution >= 4 is 11.6 Å². The Labute approximate surface area is 154 Å². The minimum Gasteiger partial charge on any atom is -0.334 e. The van der Waals surface area contributed by atoms with E-state index in [1.807, 2.05) is 19.3 Å². The molecular formula is C16H20N8O3. The normalized spacial score (nSPS) is 11.0. The van der Waals surface area contributed by atoms with Gasteiger partial charge in [-0.25, -0.2) is 4.68 Å². The topological polar surface area (TPSA) is 117 Å². The molecule has 0 bridgehead atoms. The molecule has 0 atom stereocenters. The van der Waals surface area contributed by atoms with Crippen LogP contribution in [0.1, 0.15) is 27.6 Å². The van der Waals surface area contributed by atoms with Gasteiger partial charge in [0.25, 0.3) is 5.91 Å². The molecule has 11 nitrogen and oxygen atoms in total. The minimum atomic E-state index is -0.446. The lowest BCUT2D eigenvalue weighted by Gasteiger charge is -2.14. The van der Waals surface area contributed by atoms with E-state index in [1.54, 1.807) is 37.8 Å². The van der Waals surface area contributed by atoms with Gasteiger partial charge in [0.15, 0.2) is 0 Å². The number of nitro groups is 1. The molecule has 0 aliphatic heterocycles. The van der Waals surface area contributed by atoms with Gasteiger partial charge in [0, 0.05) is 26.5 Å². The summed E-state index contributed by atoms with van der Waals surface area (Å²) in [5.74, 6) is -0.237. The van der Waals surface area contributed by atoms with Crippen molar-refractivity contribution in [1.82, 2.24) is 34.2 Å². The van der Waals surface area contributed by atoms with Gasteiger partial charge in [-0.15, -0.1) is 0 Å². The molecule has 0 N–H and O–H groups in total. The Balaban J connectivity index is 1.72. The number of amides is 1. The summed E-state index contributed by atoms with van der Waals surface area (Å²) >= 11 is 0. The lowest BCUT2D eigenvalue weighted by Crippen LogP contribution is -2.27. The van der Waals surface area contributed by atoms with Crippen molar-refractivity contribution in [3.63, 3.8) is 0 Å². The SMILES string of the molecule is Cc1nn(Cn2ccc(C(=O)N(C)Cc3ccn(C)n3)n2)c(C)c1[N+](=O)[O-]. The maximum absolute atomic E-state index is 12.5. The van der Waals surface area contributed by atoms with Crippen LogP contribution >= 0.6 is 0 Å². The zero-order valence-corrected chi connectivity index (χ0v) is 15.5. The van der Waals surface area contributed by atoms with E-state index in [0.29, 0.717) is 17.9 Å². The highest BCUT2D eigenvalue weighted by Crippen LogP contribution is 2.21. The molecule has 3 rings (SSSR count). The Hall–Kier alpha value is -3.50. The zero-order valence-electron chi connectivity index (χ0n) is 15.5. The average molecular weight is 372 g/mol. The molecule has 0 radical (unpaired) electrons. The van der Waals surface area contributed by atoms with Crippen LogP contribution < -0.4 is 0 Å². The van der Waals surface area contributed by atoms with Gasteiger partial charge in [-0.2, -0.15) is 15.3 Å². The minimum absolute atomic E-state index is 0.00597. The molecule has 0 aromatic carbocycles. The number of carbonyl (C=O) groups excluding carboxylic acids is 1. The molecule has 0 aliphatic carbocycles. The monoisotopic (exact) mass is 372 g/mol. The van der Waals surface area contributed by atoms with Gasteiger partial charge in [0.05, 0.1) is 17.2 Å². The van der Waals surface area contributed by atoms with Crippen LogP contribution in [-0.2, 0) is 20.3 Å². The fourth-order valence-electron chi connectivity index (χ4n) is 2.84. The molecule has 27 heavy (non-hydrogen) atoms. The smallest absolute Gasteiger partial charge is 0.312 e. The van der Waals surface area contributed by atoms with Crippen LogP contribution in [0.5, 0.6) is 0 Å². The summed E-state index contributed by atoms with van der Waals surface area (Å²) in [4.78, 5) is 24.7. The lowest BCUT2D eigenvalue weighted by molar-refractivity contribution is -0.386. The predicted octanol–water partition coefficient (Wildman–Crippen LogP) is 1.12. The van der Waals surface area contributed by atoms with Crippen molar-refractivity contribution in [2.45, 2.75) is 27.1 Å². The Morgan fingerprint density at radius 1 is 1.22 bits per heavy atom. The second kappa shape index (κ2) is 7.02. The Morgan fingerprint density at radius 2 is 1.96 bits per heavy atom. The van der Waals surface area contributed by atoms with E-state index in [2.05, 4.69) is 15.3 Å². The molecule has 0 aliphatic rings. The van der Waals surface area contributed by atoms with Gasteiger partial charge in [-0.05, 0) is 26.0 Å². The highest BCUT2D eigenvalue weighted by molar-refractivity contribution is 5.91. The second-order valence-corrected chi connectivity index (χ2v) is 6.30. The van der Waals surface area contributed by atoms with Crippen LogP contribution in [-0.4, -0.2) is 52.1 Å². The van der Waals surface area contributed by atoms with Crippen LogP contribution in [0, 0.1) is 24.0 Å². The molecule has 142 valence electrons. The number of hydrogen-bond acceptors (Lipinski definition) is 6. The first-order chi connectivity index (χ1) is 12.8. The van der Waals surface area contributed by atoms with E-state index < -0.39 is 4.92 Å². The fraction of sp³-hybridized carbons (Fsp3) is 0.375. The highest BCUT2D eigenvalue weighted by Gasteiger charge is 2.22. The molecule has 0 spiro atoms. The highest BCUT2D eigenvalue weighted by atomic mass is 16.6. The summed E-state index contributed by atoms with van der Waals surface area (Å²) in [7, 11) is 3.50. The van der Waals surface area contributed by atoms with E-state index >= 15 is 0 Å². The third-order valence-electron chi connectivity index (χ3n) is 4.18. The maximum atomic E-state index is 12.5. The third kappa shape index (κ3) is 3.71. The summed E-state index contributed by atoms with van der Waals surface area (Å²) < 4.78 is 4.69. The Kier molecular flexibility index (Phi) is 4.75. The van der Waals surface area contributed by atoms with Gasteiger partial charge >= 0.3 is 5.69 Å². The molecule has 0 fully saturated rings. The first-order valence-electron chi connectivity index (χ1n) is 8.22. The molecule has 11 heteroatoms. The molecule has 0 saturated carbocycles. The average Bonchev–Trinajstić information content (AvgIpc) is 3.28. The van der Waals surface area contributed by atoms with E-state index in [9.17, 15) is 14.9 Å². The van der Waals surface area contributed by atoms with Gasteiger partial charge in [-0.3, -0.25) is 24.3 Å². The van der Waals surface area contributed by atoms with E-state index in [1.165, 1.54) is 14.3 Å². The third-order valence-corrected chi connectivity index (χ3v) is 4.18. The van der Waals surface area contributed by atoms with Crippen LogP contribution in [0.25, 0.3) is 0 Å². The first kappa shape index (κ1) is 18.3. The number of rotatable bonds is 6. The first-order valence-corrected chi connectivity index (χ1v) is 8.22. The van der Waals surface area contributed by atoms with E-state index in [0.717, 1.165) is 5.69 Å². The molecular weight excluding hydrogens is 352 g/mol. The maximum Gasteiger partial charge on any atom is 0.312 e. The van der Waals surface area contributed by atoms with Gasteiger partial charge < -0.3 is 4.90 Å². The lowest BCUT2D eigenvalue weighted by atomic mass is 10.3. The van der Waals surface area contributed by atoms with Crippen molar-refractivity contribution in [2.75, 3.05) is 7.05 Å². The molecule has 3 heterocycles. The fourth-order valence-corrected chi connectivity index (χ4v) is 2.84. The Morgan fingerprint density at radius 3 is 2.56 bits per heavy atom. The summed E-state index contributed by atoms with van der Waals surface area (Å²) in [5.41, 5.74) is 1.84. The predicted molar refractivity (Wildman–Crippen MR) is 95.0 cm³/mol.